The van der Waals surface area contributed by atoms with Gasteiger partial charge in [-0.05, 0) is 0 Å². The van der Waals surface area contributed by atoms with Crippen molar-refractivity contribution in [3.63, 3.8) is 0 Å². The molecule has 0 N–H and O–H groups in total. The molecule has 0 unspecified atom stereocenters. The molecule has 84 valence electrons. The molecule has 15 heavy (non-hydrogen) atoms. The van der Waals surface area contributed by atoms with Crippen LogP contribution in [0.25, 0.3) is 0 Å². The molecule has 0 aromatic rings. The molecule has 0 heterocycles. The van der Waals surface area contributed by atoms with Gasteiger partial charge in [-0.25, -0.2) is 0 Å². The van der Waals surface area contributed by atoms with Crippen molar-refractivity contribution < 1.29 is 9.47 Å². The Morgan fingerprint density at radius 1 is 0.800 bits per heavy atom. The van der Waals surface area contributed by atoms with E-state index in [1.165, 1.54) is 0 Å². The van der Waals surface area contributed by atoms with Gasteiger partial charge in [0, 0.05) is 6.42 Å². The molecule has 2 heteroatoms. The van der Waals surface area contributed by atoms with Crippen LogP contribution in [0.4, 0.5) is 0 Å². The van der Waals surface area contributed by atoms with E-state index in [0.29, 0.717) is 19.6 Å². The third kappa shape index (κ3) is 6.89. The van der Waals surface area contributed by atoms with Gasteiger partial charge in [0.15, 0.2) is 0 Å². The zero-order valence-corrected chi connectivity index (χ0v) is 9.23. The van der Waals surface area contributed by atoms with Crippen LogP contribution in [0.15, 0.2) is 50.6 Å². The highest BCUT2D eigenvalue weighted by molar-refractivity contribution is 4.90. The fourth-order valence-corrected chi connectivity index (χ4v) is 1.08. The van der Waals surface area contributed by atoms with E-state index >= 15 is 0 Å². The highest BCUT2D eigenvalue weighted by atomic mass is 16.5. The molecule has 0 spiro atoms. The van der Waals surface area contributed by atoms with Crippen LogP contribution in [0.1, 0.15) is 6.42 Å². The fraction of sp³-hybridized carbons (Fsp3) is 0.385. The lowest BCUT2D eigenvalue weighted by Crippen LogP contribution is -2.20. The first-order valence-electron chi connectivity index (χ1n) is 4.98. The molecule has 0 aliphatic rings. The second-order valence-corrected chi connectivity index (χ2v) is 3.03. The van der Waals surface area contributed by atoms with Gasteiger partial charge in [0.2, 0.25) is 0 Å². The lowest BCUT2D eigenvalue weighted by Gasteiger charge is -2.18. The van der Waals surface area contributed by atoms with Crippen molar-refractivity contribution in [2.45, 2.75) is 18.6 Å². The van der Waals surface area contributed by atoms with Gasteiger partial charge >= 0.3 is 0 Å². The third-order valence-corrected chi connectivity index (χ3v) is 1.85. The third-order valence-electron chi connectivity index (χ3n) is 1.85. The minimum atomic E-state index is -0.0317. The van der Waals surface area contributed by atoms with E-state index in [4.69, 9.17) is 9.47 Å². The summed E-state index contributed by atoms with van der Waals surface area (Å²) < 4.78 is 10.9. The Labute approximate surface area is 92.6 Å². The summed E-state index contributed by atoms with van der Waals surface area (Å²) in [7, 11) is 0. The lowest BCUT2D eigenvalue weighted by molar-refractivity contribution is 0.0393. The van der Waals surface area contributed by atoms with Crippen LogP contribution in [0.5, 0.6) is 0 Å². The van der Waals surface area contributed by atoms with Gasteiger partial charge in [0.05, 0.1) is 25.4 Å². The van der Waals surface area contributed by atoms with Gasteiger partial charge in [-0.1, -0.05) is 24.3 Å². The Morgan fingerprint density at radius 3 is 1.47 bits per heavy atom. The van der Waals surface area contributed by atoms with E-state index in [2.05, 4.69) is 26.3 Å². The smallest absolute Gasteiger partial charge is 0.0785 e. The minimum absolute atomic E-state index is 0.0317. The summed E-state index contributed by atoms with van der Waals surface area (Å²) in [5.74, 6) is 0. The zero-order chi connectivity index (χ0) is 11.5. The Hall–Kier alpha value is -1.12. The summed E-state index contributed by atoms with van der Waals surface area (Å²) in [6, 6.07) is 0. The second-order valence-electron chi connectivity index (χ2n) is 3.03. The van der Waals surface area contributed by atoms with Crippen LogP contribution < -0.4 is 0 Å². The zero-order valence-electron chi connectivity index (χ0n) is 9.23. The average molecular weight is 208 g/mol. The van der Waals surface area contributed by atoms with Crippen molar-refractivity contribution in [1.29, 1.82) is 0 Å². The van der Waals surface area contributed by atoms with Gasteiger partial charge in [-0.15, -0.1) is 26.3 Å². The fourth-order valence-electron chi connectivity index (χ4n) is 1.08. The number of hydrogen-bond donors (Lipinski definition) is 0. The molecule has 0 saturated heterocycles. The largest absolute Gasteiger partial charge is 0.370 e. The van der Waals surface area contributed by atoms with Crippen LogP contribution in [0.3, 0.4) is 0 Å². The van der Waals surface area contributed by atoms with Crippen LogP contribution in [-0.4, -0.2) is 25.4 Å². The molecule has 0 rings (SSSR count). The first kappa shape index (κ1) is 13.9. The highest BCUT2D eigenvalue weighted by Gasteiger charge is 2.11. The van der Waals surface area contributed by atoms with Crippen molar-refractivity contribution in [2.75, 3.05) is 13.2 Å². The first-order chi connectivity index (χ1) is 7.28. The molecule has 2 atom stereocenters. The number of hydrogen-bond acceptors (Lipinski definition) is 2. The average Bonchev–Trinajstić information content (AvgIpc) is 2.28. The summed E-state index contributed by atoms with van der Waals surface area (Å²) in [6.45, 7) is 15.6. The molecule has 0 bridgehead atoms. The molecule has 0 radical (unpaired) electrons. The molecule has 0 saturated carbocycles. The summed E-state index contributed by atoms with van der Waals surface area (Å²) in [6.07, 6.45) is 7.60. The summed E-state index contributed by atoms with van der Waals surface area (Å²) >= 11 is 0. The SMILES string of the molecule is C=CCO[C@H](C=C)C[C@@H](C=C)OCC=C. The number of rotatable bonds is 10. The van der Waals surface area contributed by atoms with E-state index in [1.54, 1.807) is 24.3 Å². The minimum Gasteiger partial charge on any atom is -0.370 e. The van der Waals surface area contributed by atoms with Gasteiger partial charge in [-0.2, -0.15) is 0 Å². The first-order valence-corrected chi connectivity index (χ1v) is 4.98. The van der Waals surface area contributed by atoms with Crippen molar-refractivity contribution in [1.82, 2.24) is 0 Å². The normalized spacial score (nSPS) is 13.9. The Kier molecular flexibility index (Phi) is 8.73. The van der Waals surface area contributed by atoms with Crippen molar-refractivity contribution in [3.8, 4) is 0 Å². The molecule has 2 nitrogen and oxygen atoms in total. The predicted octanol–water partition coefficient (Wildman–Crippen LogP) is 2.89. The second kappa shape index (κ2) is 9.44. The molecule has 0 aromatic carbocycles. The molecule has 0 aliphatic carbocycles. The molecule has 0 aromatic heterocycles. The van der Waals surface area contributed by atoms with E-state index in [-0.39, 0.29) is 12.2 Å². The lowest BCUT2D eigenvalue weighted by atomic mass is 10.1. The van der Waals surface area contributed by atoms with Crippen LogP contribution in [0, 0.1) is 0 Å². The molecule has 0 aliphatic heterocycles. The molecule has 0 fully saturated rings. The Morgan fingerprint density at radius 2 is 1.20 bits per heavy atom. The standard InChI is InChI=1S/C13H20O2/c1-5-9-14-12(7-3)11-13(8-4)15-10-6-2/h5-8,12-13H,1-4,9-11H2/t12-,13-/m1/s1. The van der Waals surface area contributed by atoms with E-state index < -0.39 is 0 Å². The van der Waals surface area contributed by atoms with Crippen molar-refractivity contribution >= 4 is 0 Å². The van der Waals surface area contributed by atoms with E-state index in [0.717, 1.165) is 0 Å². The van der Waals surface area contributed by atoms with Gasteiger partial charge < -0.3 is 9.47 Å². The maximum atomic E-state index is 5.46. The molecule has 0 amide bonds. The van der Waals surface area contributed by atoms with E-state index in [1.807, 2.05) is 0 Å². The van der Waals surface area contributed by atoms with Gasteiger partial charge in [0.1, 0.15) is 0 Å². The van der Waals surface area contributed by atoms with E-state index in [9.17, 15) is 0 Å². The van der Waals surface area contributed by atoms with Crippen LogP contribution in [0.2, 0.25) is 0 Å². The van der Waals surface area contributed by atoms with Crippen LogP contribution in [-0.2, 0) is 9.47 Å². The summed E-state index contributed by atoms with van der Waals surface area (Å²) in [4.78, 5) is 0. The Balaban J connectivity index is 3.98. The monoisotopic (exact) mass is 208 g/mol. The number of ether oxygens (including phenoxy) is 2. The summed E-state index contributed by atoms with van der Waals surface area (Å²) in [5, 5.41) is 0. The van der Waals surface area contributed by atoms with Crippen molar-refractivity contribution in [2.24, 2.45) is 0 Å². The topological polar surface area (TPSA) is 18.5 Å². The van der Waals surface area contributed by atoms with Crippen molar-refractivity contribution in [3.05, 3.63) is 50.6 Å². The predicted molar refractivity (Wildman–Crippen MR) is 64.9 cm³/mol. The Bertz CT molecular complexity index is 187. The summed E-state index contributed by atoms with van der Waals surface area (Å²) in [5.41, 5.74) is 0. The molecular formula is C13H20O2. The quantitative estimate of drug-likeness (QED) is 0.514. The van der Waals surface area contributed by atoms with Crippen LogP contribution >= 0.6 is 0 Å². The molecular weight excluding hydrogens is 188 g/mol. The highest BCUT2D eigenvalue weighted by Crippen LogP contribution is 2.08. The maximum absolute atomic E-state index is 5.46. The van der Waals surface area contributed by atoms with Gasteiger partial charge in [0.25, 0.3) is 0 Å². The maximum Gasteiger partial charge on any atom is 0.0785 e. The van der Waals surface area contributed by atoms with Gasteiger partial charge in [-0.3, -0.25) is 0 Å².